The van der Waals surface area contributed by atoms with Gasteiger partial charge in [-0.15, -0.1) is 0 Å². The van der Waals surface area contributed by atoms with E-state index in [0.29, 0.717) is 24.9 Å². The molecule has 0 amide bonds. The zero-order valence-electron chi connectivity index (χ0n) is 15.1. The Kier molecular flexibility index (Phi) is 5.62. The summed E-state index contributed by atoms with van der Waals surface area (Å²) in [6.07, 6.45) is 4.20. The Morgan fingerprint density at radius 2 is 2.36 bits per heavy atom. The topological polar surface area (TPSA) is 106 Å². The third-order valence-corrected chi connectivity index (χ3v) is 4.09. The molecule has 2 N–H and O–H groups in total. The van der Waals surface area contributed by atoms with Crippen molar-refractivity contribution in [3.63, 3.8) is 0 Å². The molecule has 9 heteroatoms. The number of hydrogen-bond donors (Lipinski definition) is 2. The van der Waals surface area contributed by atoms with E-state index in [4.69, 9.17) is 4.52 Å². The SMILES string of the molecule is CCNC(=NCCc1nc(C(C)C)no1)NC1CCc2ncnn2C1. The second kappa shape index (κ2) is 8.09. The van der Waals surface area contributed by atoms with Crippen molar-refractivity contribution < 1.29 is 4.52 Å². The molecule has 3 rings (SSSR count). The molecule has 1 aliphatic heterocycles. The van der Waals surface area contributed by atoms with E-state index in [1.54, 1.807) is 6.33 Å². The Bertz CT molecular complexity index is 705. The molecule has 0 saturated carbocycles. The first kappa shape index (κ1) is 17.4. The van der Waals surface area contributed by atoms with Crippen LogP contribution in [0.3, 0.4) is 0 Å². The van der Waals surface area contributed by atoms with Crippen LogP contribution in [-0.2, 0) is 19.4 Å². The van der Waals surface area contributed by atoms with E-state index in [0.717, 1.165) is 43.5 Å². The molecule has 0 aromatic carbocycles. The van der Waals surface area contributed by atoms with Gasteiger partial charge in [0.1, 0.15) is 12.2 Å². The molecule has 1 aliphatic rings. The van der Waals surface area contributed by atoms with Gasteiger partial charge in [-0.05, 0) is 13.3 Å². The Balaban J connectivity index is 1.54. The molecule has 1 unspecified atom stereocenters. The van der Waals surface area contributed by atoms with Crippen LogP contribution in [0.2, 0.25) is 0 Å². The van der Waals surface area contributed by atoms with Crippen molar-refractivity contribution in [2.45, 2.75) is 58.5 Å². The van der Waals surface area contributed by atoms with Gasteiger partial charge in [0.15, 0.2) is 11.8 Å². The van der Waals surface area contributed by atoms with Crippen LogP contribution in [0.4, 0.5) is 0 Å². The van der Waals surface area contributed by atoms with Crippen molar-refractivity contribution in [2.24, 2.45) is 4.99 Å². The summed E-state index contributed by atoms with van der Waals surface area (Å²) in [5, 5.41) is 15.0. The summed E-state index contributed by atoms with van der Waals surface area (Å²) < 4.78 is 7.21. The number of hydrogen-bond acceptors (Lipinski definition) is 6. The number of nitrogens with zero attached hydrogens (tertiary/aromatic N) is 6. The maximum Gasteiger partial charge on any atom is 0.228 e. The van der Waals surface area contributed by atoms with E-state index >= 15 is 0 Å². The fraction of sp³-hybridized carbons (Fsp3) is 0.688. The number of rotatable bonds is 6. The van der Waals surface area contributed by atoms with Gasteiger partial charge < -0.3 is 15.2 Å². The largest absolute Gasteiger partial charge is 0.357 e. The summed E-state index contributed by atoms with van der Waals surface area (Å²) in [5.74, 6) is 3.51. The zero-order chi connectivity index (χ0) is 17.6. The van der Waals surface area contributed by atoms with Gasteiger partial charge in [-0.25, -0.2) is 9.67 Å². The normalized spacial score (nSPS) is 17.6. The lowest BCUT2D eigenvalue weighted by Crippen LogP contribution is -2.47. The van der Waals surface area contributed by atoms with Crippen molar-refractivity contribution in [1.82, 2.24) is 35.5 Å². The average molecular weight is 346 g/mol. The van der Waals surface area contributed by atoms with Crippen molar-refractivity contribution in [3.8, 4) is 0 Å². The first-order valence-electron chi connectivity index (χ1n) is 8.89. The second-order valence-electron chi connectivity index (χ2n) is 6.45. The second-order valence-corrected chi connectivity index (χ2v) is 6.45. The zero-order valence-corrected chi connectivity index (χ0v) is 15.1. The number of aliphatic imine (C=N–C) groups is 1. The molecule has 0 radical (unpaired) electrons. The molecule has 3 heterocycles. The van der Waals surface area contributed by atoms with E-state index in [2.05, 4.69) is 42.8 Å². The highest BCUT2D eigenvalue weighted by molar-refractivity contribution is 5.80. The predicted molar refractivity (Wildman–Crippen MR) is 93.3 cm³/mol. The predicted octanol–water partition coefficient (Wildman–Crippen LogP) is 0.897. The molecule has 0 fully saturated rings. The number of aryl methyl sites for hydroxylation is 1. The fourth-order valence-electron chi connectivity index (χ4n) is 2.74. The van der Waals surface area contributed by atoms with Crippen LogP contribution in [0.15, 0.2) is 15.8 Å². The van der Waals surface area contributed by atoms with E-state index in [1.165, 1.54) is 0 Å². The highest BCUT2D eigenvalue weighted by atomic mass is 16.5. The number of nitrogens with one attached hydrogen (secondary N) is 2. The summed E-state index contributed by atoms with van der Waals surface area (Å²) >= 11 is 0. The Morgan fingerprint density at radius 3 is 3.12 bits per heavy atom. The highest BCUT2D eigenvalue weighted by Gasteiger charge is 2.20. The molecule has 0 spiro atoms. The van der Waals surface area contributed by atoms with Crippen molar-refractivity contribution >= 4 is 5.96 Å². The lowest BCUT2D eigenvalue weighted by Gasteiger charge is -2.25. The van der Waals surface area contributed by atoms with E-state index < -0.39 is 0 Å². The quantitative estimate of drug-likeness (QED) is 0.591. The van der Waals surface area contributed by atoms with Crippen LogP contribution < -0.4 is 10.6 Å². The molecular weight excluding hydrogens is 320 g/mol. The minimum Gasteiger partial charge on any atom is -0.357 e. The summed E-state index contributed by atoms with van der Waals surface area (Å²) in [5.41, 5.74) is 0. The lowest BCUT2D eigenvalue weighted by molar-refractivity contribution is 0.372. The lowest BCUT2D eigenvalue weighted by atomic mass is 10.1. The molecule has 2 aromatic rings. The van der Waals surface area contributed by atoms with Gasteiger partial charge in [0.2, 0.25) is 5.89 Å². The van der Waals surface area contributed by atoms with Gasteiger partial charge >= 0.3 is 0 Å². The van der Waals surface area contributed by atoms with Crippen molar-refractivity contribution in [3.05, 3.63) is 23.9 Å². The molecular formula is C16H26N8O. The van der Waals surface area contributed by atoms with Crippen LogP contribution >= 0.6 is 0 Å². The van der Waals surface area contributed by atoms with E-state index in [1.807, 2.05) is 18.5 Å². The third-order valence-electron chi connectivity index (χ3n) is 4.09. The van der Waals surface area contributed by atoms with Crippen LogP contribution in [0, 0.1) is 0 Å². The molecule has 0 aliphatic carbocycles. The minimum atomic E-state index is 0.271. The standard InChI is InChI=1S/C16H26N8O/c1-4-17-16(18-8-7-14-22-15(11(2)3)23-25-14)21-12-5-6-13-19-10-20-24(13)9-12/h10-12H,4-9H2,1-3H3,(H2,17,18,21). The smallest absolute Gasteiger partial charge is 0.228 e. The minimum absolute atomic E-state index is 0.271. The molecule has 136 valence electrons. The van der Waals surface area contributed by atoms with Crippen LogP contribution in [0.1, 0.15) is 50.6 Å². The maximum absolute atomic E-state index is 5.26. The molecule has 1 atom stereocenters. The third kappa shape index (κ3) is 4.55. The van der Waals surface area contributed by atoms with Gasteiger partial charge in [-0.2, -0.15) is 10.1 Å². The van der Waals surface area contributed by atoms with Crippen molar-refractivity contribution in [2.75, 3.05) is 13.1 Å². The number of guanidine groups is 1. The summed E-state index contributed by atoms with van der Waals surface area (Å²) in [6.45, 7) is 8.36. The molecule has 9 nitrogen and oxygen atoms in total. The molecule has 0 saturated heterocycles. The van der Waals surface area contributed by atoms with Gasteiger partial charge in [-0.3, -0.25) is 4.99 Å². The molecule has 0 bridgehead atoms. The molecule has 25 heavy (non-hydrogen) atoms. The van der Waals surface area contributed by atoms with Gasteiger partial charge in [0, 0.05) is 31.3 Å². The Labute approximate surface area is 147 Å². The van der Waals surface area contributed by atoms with Crippen LogP contribution in [0.5, 0.6) is 0 Å². The first-order chi connectivity index (χ1) is 12.2. The maximum atomic E-state index is 5.26. The number of fused-ring (bicyclic) bond motifs is 1. The summed E-state index contributed by atoms with van der Waals surface area (Å²) in [4.78, 5) is 13.3. The monoisotopic (exact) mass is 346 g/mol. The summed E-state index contributed by atoms with van der Waals surface area (Å²) in [7, 11) is 0. The van der Waals surface area contributed by atoms with Gasteiger partial charge in [-0.1, -0.05) is 19.0 Å². The van der Waals surface area contributed by atoms with Gasteiger partial charge in [0.25, 0.3) is 0 Å². The summed E-state index contributed by atoms with van der Waals surface area (Å²) in [6, 6.07) is 0.294. The average Bonchev–Trinajstić information content (AvgIpc) is 3.23. The fourth-order valence-corrected chi connectivity index (χ4v) is 2.74. The van der Waals surface area contributed by atoms with Crippen LogP contribution in [-0.4, -0.2) is 50.0 Å². The van der Waals surface area contributed by atoms with Crippen molar-refractivity contribution in [1.29, 1.82) is 0 Å². The van der Waals surface area contributed by atoms with E-state index in [-0.39, 0.29) is 5.92 Å². The number of aromatic nitrogens is 5. The van der Waals surface area contributed by atoms with E-state index in [9.17, 15) is 0 Å². The Hall–Kier alpha value is -2.45. The molecule has 2 aromatic heterocycles. The Morgan fingerprint density at radius 1 is 1.48 bits per heavy atom. The van der Waals surface area contributed by atoms with Crippen LogP contribution in [0.25, 0.3) is 0 Å². The van der Waals surface area contributed by atoms with Gasteiger partial charge in [0.05, 0.1) is 13.1 Å². The first-order valence-corrected chi connectivity index (χ1v) is 8.89. The highest BCUT2D eigenvalue weighted by Crippen LogP contribution is 2.11.